The number of hydrogen-bond acceptors (Lipinski definition) is 4. The zero-order chi connectivity index (χ0) is 22.2. The molecule has 0 spiro atoms. The summed E-state index contributed by atoms with van der Waals surface area (Å²) in [5, 5.41) is 0. The van der Waals surface area contributed by atoms with Crippen molar-refractivity contribution in [3.8, 4) is 5.75 Å². The maximum Gasteiger partial charge on any atom is 0.355 e. The molecule has 32 heavy (non-hydrogen) atoms. The van der Waals surface area contributed by atoms with Crippen LogP contribution in [0.15, 0.2) is 24.3 Å². The Kier molecular flexibility index (Phi) is 7.61. The first kappa shape index (κ1) is 24.7. The van der Waals surface area contributed by atoms with Gasteiger partial charge < -0.3 is 19.4 Å². The molecule has 5 nitrogen and oxygen atoms in total. The van der Waals surface area contributed by atoms with Crippen molar-refractivity contribution in [1.82, 2.24) is 9.88 Å². The number of ether oxygens (including phenoxy) is 2. The number of esters is 1. The monoisotopic (exact) mass is 460 g/mol. The minimum absolute atomic E-state index is 0. The Balaban J connectivity index is 0.00000289. The second-order valence-corrected chi connectivity index (χ2v) is 9.68. The molecule has 1 aromatic carbocycles. The van der Waals surface area contributed by atoms with E-state index < -0.39 is 0 Å². The molecule has 4 rings (SSSR count). The van der Waals surface area contributed by atoms with Crippen LogP contribution in [0.3, 0.4) is 0 Å². The lowest BCUT2D eigenvalue weighted by molar-refractivity contribution is 0.0451. The number of halogens is 1. The van der Waals surface area contributed by atoms with Crippen molar-refractivity contribution in [1.29, 1.82) is 0 Å². The Hall–Kier alpha value is -1.98. The maximum absolute atomic E-state index is 12.8. The van der Waals surface area contributed by atoms with E-state index in [1.807, 2.05) is 6.07 Å². The zero-order valence-electron chi connectivity index (χ0n) is 20.0. The standard InChI is InChI=1S/C26H36N2O3.ClH/c1-6-28-11-10-26(19-8-7-9-21(12-19)30-5)14-23-22(13-20(26)15-28)18(4)24(27-23)25(29)31-16-17(2)3;/h7-9,12,17,20,27H,6,10-11,13-16H2,1-5H3;1H/t20-,26+;/m1./s1. The summed E-state index contributed by atoms with van der Waals surface area (Å²) in [5.41, 5.74) is 5.64. The third-order valence-corrected chi connectivity index (χ3v) is 7.39. The smallest absolute Gasteiger partial charge is 0.355 e. The van der Waals surface area contributed by atoms with Crippen molar-refractivity contribution in [2.24, 2.45) is 11.8 Å². The van der Waals surface area contributed by atoms with E-state index >= 15 is 0 Å². The second kappa shape index (κ2) is 9.88. The normalized spacial score (nSPS) is 22.6. The number of methoxy groups -OCH3 is 1. The lowest BCUT2D eigenvalue weighted by Gasteiger charge is -2.51. The highest BCUT2D eigenvalue weighted by Crippen LogP contribution is 2.49. The SMILES string of the molecule is CCN1CC[C@@]2(c3cccc(OC)c3)Cc3[nH]c(C(=O)OCC(C)C)c(C)c3C[C@@H]2C1.Cl. The van der Waals surface area contributed by atoms with Gasteiger partial charge in [0.25, 0.3) is 0 Å². The van der Waals surface area contributed by atoms with Gasteiger partial charge in [0, 0.05) is 17.7 Å². The van der Waals surface area contributed by atoms with Crippen molar-refractivity contribution in [3.63, 3.8) is 0 Å². The summed E-state index contributed by atoms with van der Waals surface area (Å²) < 4.78 is 11.1. The number of aromatic nitrogens is 1. The van der Waals surface area contributed by atoms with Gasteiger partial charge >= 0.3 is 5.97 Å². The van der Waals surface area contributed by atoms with Crippen molar-refractivity contribution < 1.29 is 14.3 Å². The number of piperidine rings is 1. The van der Waals surface area contributed by atoms with Crippen LogP contribution in [0.4, 0.5) is 0 Å². The first-order valence-electron chi connectivity index (χ1n) is 11.6. The Morgan fingerprint density at radius 2 is 2.12 bits per heavy atom. The number of hydrogen-bond donors (Lipinski definition) is 1. The number of carbonyl (C=O) groups is 1. The maximum atomic E-state index is 12.8. The fraction of sp³-hybridized carbons (Fsp3) is 0.577. The number of aromatic amines is 1. The molecule has 1 N–H and O–H groups in total. The van der Waals surface area contributed by atoms with E-state index in [4.69, 9.17) is 9.47 Å². The first-order chi connectivity index (χ1) is 14.9. The molecule has 176 valence electrons. The Bertz CT molecular complexity index is 955. The molecular formula is C26H37ClN2O3. The van der Waals surface area contributed by atoms with Crippen LogP contribution >= 0.6 is 12.4 Å². The van der Waals surface area contributed by atoms with Crippen molar-refractivity contribution in [3.05, 3.63) is 52.3 Å². The highest BCUT2D eigenvalue weighted by Gasteiger charge is 2.48. The summed E-state index contributed by atoms with van der Waals surface area (Å²) in [4.78, 5) is 18.8. The van der Waals surface area contributed by atoms with Crippen LogP contribution in [0.5, 0.6) is 5.75 Å². The zero-order valence-corrected chi connectivity index (χ0v) is 20.8. The summed E-state index contributed by atoms with van der Waals surface area (Å²) in [6.07, 6.45) is 3.03. The van der Waals surface area contributed by atoms with Crippen molar-refractivity contribution in [2.45, 2.75) is 52.4 Å². The van der Waals surface area contributed by atoms with E-state index in [0.29, 0.717) is 24.1 Å². The molecule has 0 saturated carbocycles. The predicted octanol–water partition coefficient (Wildman–Crippen LogP) is 4.94. The molecule has 1 saturated heterocycles. The van der Waals surface area contributed by atoms with Crippen LogP contribution in [0.2, 0.25) is 0 Å². The molecular weight excluding hydrogens is 424 g/mol. The fourth-order valence-electron chi connectivity index (χ4n) is 5.54. The minimum Gasteiger partial charge on any atom is -0.497 e. The summed E-state index contributed by atoms with van der Waals surface area (Å²) >= 11 is 0. The largest absolute Gasteiger partial charge is 0.497 e. The molecule has 1 aromatic heterocycles. The second-order valence-electron chi connectivity index (χ2n) is 9.68. The van der Waals surface area contributed by atoms with Gasteiger partial charge in [-0.25, -0.2) is 4.79 Å². The minimum atomic E-state index is -0.228. The summed E-state index contributed by atoms with van der Waals surface area (Å²) in [5.74, 6) is 1.52. The molecule has 2 aliphatic rings. The number of benzene rings is 1. The van der Waals surface area contributed by atoms with E-state index in [0.717, 1.165) is 50.2 Å². The molecule has 1 fully saturated rings. The molecule has 2 atom stereocenters. The molecule has 2 aromatic rings. The van der Waals surface area contributed by atoms with E-state index in [9.17, 15) is 4.79 Å². The van der Waals surface area contributed by atoms with Gasteiger partial charge in [0.15, 0.2) is 0 Å². The van der Waals surface area contributed by atoms with E-state index in [-0.39, 0.29) is 23.8 Å². The van der Waals surface area contributed by atoms with Crippen LogP contribution in [-0.4, -0.2) is 49.2 Å². The molecule has 6 heteroatoms. The van der Waals surface area contributed by atoms with Crippen LogP contribution in [0.25, 0.3) is 0 Å². The predicted molar refractivity (Wildman–Crippen MR) is 130 cm³/mol. The first-order valence-corrected chi connectivity index (χ1v) is 11.6. The summed E-state index contributed by atoms with van der Waals surface area (Å²) in [6.45, 7) is 12.1. The Morgan fingerprint density at radius 3 is 2.81 bits per heavy atom. The third-order valence-electron chi connectivity index (χ3n) is 7.39. The topological polar surface area (TPSA) is 54.6 Å². The summed E-state index contributed by atoms with van der Waals surface area (Å²) in [6, 6.07) is 8.60. The van der Waals surface area contributed by atoms with Gasteiger partial charge in [0.2, 0.25) is 0 Å². The number of H-pyrrole nitrogens is 1. The van der Waals surface area contributed by atoms with Crippen molar-refractivity contribution in [2.75, 3.05) is 33.4 Å². The van der Waals surface area contributed by atoms with Gasteiger partial charge in [-0.2, -0.15) is 0 Å². The van der Waals surface area contributed by atoms with Crippen LogP contribution in [0.1, 0.15) is 60.1 Å². The molecule has 0 unspecified atom stereocenters. The Labute approximate surface area is 198 Å². The highest BCUT2D eigenvalue weighted by molar-refractivity contribution is 5.90. The molecule has 0 radical (unpaired) electrons. The average Bonchev–Trinajstić information content (AvgIpc) is 3.10. The van der Waals surface area contributed by atoms with Crippen molar-refractivity contribution >= 4 is 18.4 Å². The average molecular weight is 461 g/mol. The fourth-order valence-corrected chi connectivity index (χ4v) is 5.54. The van der Waals surface area contributed by atoms with E-state index in [1.165, 1.54) is 16.8 Å². The van der Waals surface area contributed by atoms with Gasteiger partial charge in [-0.05, 0) is 79.9 Å². The number of carbonyl (C=O) groups excluding carboxylic acids is 1. The number of nitrogens with zero attached hydrogens (tertiary/aromatic N) is 1. The van der Waals surface area contributed by atoms with Gasteiger partial charge in [-0.1, -0.05) is 32.9 Å². The number of rotatable bonds is 6. The van der Waals surface area contributed by atoms with Gasteiger partial charge in [0.05, 0.1) is 13.7 Å². The highest BCUT2D eigenvalue weighted by atomic mass is 35.5. The number of fused-ring (bicyclic) bond motifs is 2. The molecule has 1 aliphatic carbocycles. The van der Waals surface area contributed by atoms with Crippen LogP contribution < -0.4 is 4.74 Å². The summed E-state index contributed by atoms with van der Waals surface area (Å²) in [7, 11) is 1.73. The lowest BCUT2D eigenvalue weighted by atomic mass is 9.58. The molecule has 1 aliphatic heterocycles. The van der Waals surface area contributed by atoms with Gasteiger partial charge in [-0.15, -0.1) is 12.4 Å². The van der Waals surface area contributed by atoms with Crippen LogP contribution in [0, 0.1) is 18.8 Å². The van der Waals surface area contributed by atoms with Gasteiger partial charge in [-0.3, -0.25) is 0 Å². The molecule has 0 bridgehead atoms. The Morgan fingerprint density at radius 1 is 1.34 bits per heavy atom. The van der Waals surface area contributed by atoms with Gasteiger partial charge in [0.1, 0.15) is 11.4 Å². The van der Waals surface area contributed by atoms with E-state index in [2.05, 4.69) is 55.8 Å². The quantitative estimate of drug-likeness (QED) is 0.620. The molecule has 2 heterocycles. The number of nitrogens with one attached hydrogen (secondary N) is 1. The lowest BCUT2D eigenvalue weighted by Crippen LogP contribution is -2.53. The molecule has 0 amide bonds. The van der Waals surface area contributed by atoms with Crippen LogP contribution in [-0.2, 0) is 23.0 Å². The third kappa shape index (κ3) is 4.42. The van der Waals surface area contributed by atoms with E-state index in [1.54, 1.807) is 7.11 Å². The number of likely N-dealkylation sites (tertiary alicyclic amines) is 1.